The van der Waals surface area contributed by atoms with E-state index in [2.05, 4.69) is 4.99 Å². The molecule has 0 unspecified atom stereocenters. The minimum Gasteiger partial charge on any atom is -0.404 e. The molecule has 0 saturated carbocycles. The van der Waals surface area contributed by atoms with E-state index in [9.17, 15) is 8.63 Å². The molecular formula is C14H18BF2N3O2. The number of nitrogens with zero attached hydrogens (tertiary/aromatic N) is 1. The molecule has 0 bridgehead atoms. The lowest BCUT2D eigenvalue weighted by Crippen LogP contribution is -2.42. The molecular weight excluding hydrogens is 291 g/mol. The number of aliphatic imine (C=N–C) groups is 1. The molecule has 0 aromatic heterocycles. The maximum absolute atomic E-state index is 12.4. The summed E-state index contributed by atoms with van der Waals surface area (Å²) in [4.78, 5) is 4.08. The molecule has 0 amide bonds. The number of nitrogens with one attached hydrogen (secondary N) is 1. The number of allylic oxidation sites excluding steroid dienone is 1. The predicted octanol–water partition coefficient (Wildman–Crippen LogP) is 1.48. The summed E-state index contributed by atoms with van der Waals surface area (Å²) in [6.45, 7) is 2.50. The first-order valence-corrected chi connectivity index (χ1v) is 6.64. The lowest BCUT2D eigenvalue weighted by atomic mass is 9.79. The van der Waals surface area contributed by atoms with Gasteiger partial charge >= 0.3 is 7.27 Å². The van der Waals surface area contributed by atoms with Crippen molar-refractivity contribution >= 4 is 24.8 Å². The van der Waals surface area contributed by atoms with Gasteiger partial charge in [0.2, 0.25) is 5.69 Å². The van der Waals surface area contributed by atoms with Gasteiger partial charge in [-0.25, -0.2) is 0 Å². The third-order valence-electron chi connectivity index (χ3n) is 2.95. The van der Waals surface area contributed by atoms with Crippen LogP contribution in [0.15, 0.2) is 35.5 Å². The van der Waals surface area contributed by atoms with Gasteiger partial charge in [-0.05, 0) is 18.1 Å². The summed E-state index contributed by atoms with van der Waals surface area (Å²) in [7, 11) is -3.34. The van der Waals surface area contributed by atoms with E-state index in [1.54, 1.807) is 18.3 Å². The van der Waals surface area contributed by atoms with Crippen LogP contribution in [-0.2, 0) is 0 Å². The molecule has 8 heteroatoms. The van der Waals surface area contributed by atoms with Gasteiger partial charge in [0.1, 0.15) is 0 Å². The number of halogens is 2. The molecule has 0 aliphatic heterocycles. The highest BCUT2D eigenvalue weighted by Crippen LogP contribution is 2.18. The van der Waals surface area contributed by atoms with Gasteiger partial charge in [0.15, 0.2) is 0 Å². The fourth-order valence-corrected chi connectivity index (χ4v) is 1.71. The zero-order valence-electron chi connectivity index (χ0n) is 12.1. The molecule has 118 valence electrons. The van der Waals surface area contributed by atoms with Gasteiger partial charge in [0.05, 0.1) is 0 Å². The summed E-state index contributed by atoms with van der Waals surface area (Å²) >= 11 is 0. The second-order valence-corrected chi connectivity index (χ2v) is 4.66. The van der Waals surface area contributed by atoms with Crippen molar-refractivity contribution in [2.24, 2.45) is 10.7 Å². The zero-order chi connectivity index (χ0) is 16.8. The normalized spacial score (nSPS) is 12.7. The van der Waals surface area contributed by atoms with Crippen LogP contribution in [0.2, 0.25) is 0 Å². The van der Waals surface area contributed by atoms with E-state index >= 15 is 0 Å². The number of nitrogens with two attached hydrogens (primary N) is 1. The van der Waals surface area contributed by atoms with Crippen LogP contribution in [0.25, 0.3) is 5.57 Å². The average Bonchev–Trinajstić information content (AvgIpc) is 2.48. The fraction of sp³-hybridized carbons (Fsp3) is 0.286. The first-order chi connectivity index (χ1) is 10.3. The fourth-order valence-electron chi connectivity index (χ4n) is 1.71. The second-order valence-electron chi connectivity index (χ2n) is 4.66. The Balaban J connectivity index is 2.89. The molecule has 22 heavy (non-hydrogen) atoms. The van der Waals surface area contributed by atoms with Crippen molar-refractivity contribution in [3.05, 3.63) is 41.6 Å². The van der Waals surface area contributed by atoms with Crippen molar-refractivity contribution in [1.82, 2.24) is 0 Å². The van der Waals surface area contributed by atoms with Gasteiger partial charge in [-0.2, -0.15) is 0 Å². The molecule has 0 saturated heterocycles. The molecule has 1 aromatic carbocycles. The zero-order valence-corrected chi connectivity index (χ0v) is 12.1. The van der Waals surface area contributed by atoms with Crippen LogP contribution in [0.4, 0.5) is 8.63 Å². The minimum absolute atomic E-state index is 0.294. The Hall–Kier alpha value is -2.06. The van der Waals surface area contributed by atoms with Gasteiger partial charge in [-0.3, -0.25) is 13.6 Å². The van der Waals surface area contributed by atoms with E-state index in [1.807, 2.05) is 6.92 Å². The van der Waals surface area contributed by atoms with Crippen LogP contribution in [0.1, 0.15) is 24.5 Å². The first-order valence-electron chi connectivity index (χ1n) is 6.64. The molecule has 0 aliphatic carbocycles. The van der Waals surface area contributed by atoms with E-state index in [4.69, 9.17) is 21.4 Å². The van der Waals surface area contributed by atoms with Gasteiger partial charge in [0.25, 0.3) is 0 Å². The number of aliphatic hydroxyl groups is 2. The number of hydrogen-bond acceptors (Lipinski definition) is 5. The second kappa shape index (κ2) is 7.81. The van der Waals surface area contributed by atoms with Crippen molar-refractivity contribution in [2.75, 3.05) is 6.54 Å². The maximum Gasteiger partial charge on any atom is 0.596 e. The van der Waals surface area contributed by atoms with Gasteiger partial charge < -0.3 is 21.4 Å². The lowest BCUT2D eigenvalue weighted by Gasteiger charge is -2.18. The Morgan fingerprint density at radius 1 is 1.32 bits per heavy atom. The summed E-state index contributed by atoms with van der Waals surface area (Å²) in [6.07, 6.45) is 2.15. The van der Waals surface area contributed by atoms with Crippen molar-refractivity contribution < 1.29 is 18.8 Å². The van der Waals surface area contributed by atoms with Crippen LogP contribution in [0, 0.1) is 5.41 Å². The summed E-state index contributed by atoms with van der Waals surface area (Å²) in [5.74, 6) is 0. The van der Waals surface area contributed by atoms with E-state index in [-0.39, 0.29) is 5.71 Å². The smallest absolute Gasteiger partial charge is 0.404 e. The molecule has 1 rings (SSSR count). The van der Waals surface area contributed by atoms with E-state index < -0.39 is 19.4 Å². The predicted molar refractivity (Wildman–Crippen MR) is 84.2 cm³/mol. The van der Waals surface area contributed by atoms with Crippen molar-refractivity contribution in [2.45, 2.75) is 19.0 Å². The summed E-state index contributed by atoms with van der Waals surface area (Å²) in [5, 5.41) is 25.9. The van der Waals surface area contributed by atoms with Gasteiger partial charge in [-0.1, -0.05) is 24.3 Å². The average molecular weight is 309 g/mol. The van der Waals surface area contributed by atoms with Crippen LogP contribution in [-0.4, -0.2) is 41.6 Å². The van der Waals surface area contributed by atoms with Crippen molar-refractivity contribution in [1.29, 1.82) is 5.41 Å². The van der Waals surface area contributed by atoms with Crippen molar-refractivity contribution in [3.8, 4) is 0 Å². The first kappa shape index (κ1) is 18.0. The highest BCUT2D eigenvalue weighted by Gasteiger charge is 2.42. The number of benzene rings is 1. The molecule has 0 fully saturated rings. The Bertz CT molecular complexity index is 572. The van der Waals surface area contributed by atoms with Crippen LogP contribution < -0.4 is 5.73 Å². The molecule has 1 aromatic rings. The van der Waals surface area contributed by atoms with Crippen molar-refractivity contribution in [3.63, 3.8) is 0 Å². The summed E-state index contributed by atoms with van der Waals surface area (Å²) in [5.41, 5.74) is 3.78. The molecule has 5 N–H and O–H groups in total. The number of rotatable bonds is 7. The van der Waals surface area contributed by atoms with E-state index in [0.29, 0.717) is 17.7 Å². The van der Waals surface area contributed by atoms with Crippen LogP contribution in [0.5, 0.6) is 0 Å². The Kier molecular flexibility index (Phi) is 6.39. The monoisotopic (exact) mass is 309 g/mol. The molecule has 0 aliphatic rings. The molecule has 0 radical (unpaired) electrons. The topological polar surface area (TPSA) is 103 Å². The van der Waals surface area contributed by atoms with Gasteiger partial charge in [-0.15, -0.1) is 0 Å². The van der Waals surface area contributed by atoms with Crippen LogP contribution in [0.3, 0.4) is 0 Å². The summed E-state index contributed by atoms with van der Waals surface area (Å²) < 4.78 is 24.8. The quantitative estimate of drug-likeness (QED) is 0.348. The molecule has 0 spiro atoms. The standard InChI is InChI=1S/C14H18BF2N3O2/c1-2-20-9-12(8-18)10-3-5-11(6-4-10)13(19)7-14(21,22)15(16)17/h3-6,8-9,19,21-22H,2,7,18H2,1H3. The van der Waals surface area contributed by atoms with E-state index in [0.717, 1.165) is 5.56 Å². The van der Waals surface area contributed by atoms with Gasteiger partial charge in [0, 0.05) is 36.7 Å². The Labute approximate surface area is 127 Å². The van der Waals surface area contributed by atoms with E-state index in [1.165, 1.54) is 18.3 Å². The van der Waals surface area contributed by atoms with Crippen LogP contribution >= 0.6 is 0 Å². The molecule has 0 atom stereocenters. The molecule has 0 heterocycles. The highest BCUT2D eigenvalue weighted by molar-refractivity contribution is 6.46. The third-order valence-corrected chi connectivity index (χ3v) is 2.95. The maximum atomic E-state index is 12.4. The number of hydrogen-bond donors (Lipinski definition) is 4. The lowest BCUT2D eigenvalue weighted by molar-refractivity contribution is -0.0967. The third kappa shape index (κ3) is 4.75. The largest absolute Gasteiger partial charge is 0.596 e. The Morgan fingerprint density at radius 2 is 1.86 bits per heavy atom. The summed E-state index contributed by atoms with van der Waals surface area (Å²) in [6, 6.07) is 6.37. The SMILES string of the molecule is CCN=CC(=CN)c1ccc(C(=N)CC(O)(O)B(F)F)cc1. The minimum atomic E-state index is -3.34. The Morgan fingerprint density at radius 3 is 2.32 bits per heavy atom. The molecule has 5 nitrogen and oxygen atoms in total. The highest BCUT2D eigenvalue weighted by atomic mass is 19.2.